The van der Waals surface area contributed by atoms with Gasteiger partial charge in [-0.05, 0) is 57.2 Å². The zero-order valence-corrected chi connectivity index (χ0v) is 29.6. The fourth-order valence-electron chi connectivity index (χ4n) is 7.70. The van der Waals surface area contributed by atoms with Crippen molar-refractivity contribution >= 4 is 16.3 Å². The normalized spacial score (nSPS) is 11.8. The summed E-state index contributed by atoms with van der Waals surface area (Å²) >= 11 is 0. The minimum Gasteiger partial charge on any atom is -0.455 e. The lowest BCUT2D eigenvalue weighted by atomic mass is 9.90. The highest BCUT2D eigenvalue weighted by atomic mass is 16.3. The van der Waals surface area contributed by atoms with E-state index in [-0.39, 0.29) is 0 Å². The predicted molar refractivity (Wildman–Crippen MR) is 221 cm³/mol. The molecule has 1 aliphatic carbocycles. The molecule has 0 unspecified atom stereocenters. The second-order valence-corrected chi connectivity index (χ2v) is 13.7. The molecule has 7 aromatic carbocycles. The maximum absolute atomic E-state index is 7.05. The molecule has 0 radical (unpaired) electrons. The molecule has 2 heterocycles. The average molecular weight is 692 g/mol. The van der Waals surface area contributed by atoms with Gasteiger partial charge in [0.1, 0.15) is 11.5 Å². The third-order valence-corrected chi connectivity index (χ3v) is 10.4. The lowest BCUT2D eigenvalue weighted by molar-refractivity contribution is 0.597. The molecule has 54 heavy (non-hydrogen) atoms. The van der Waals surface area contributed by atoms with Crippen molar-refractivity contribution in [2.75, 3.05) is 0 Å². The molecule has 10 rings (SSSR count). The van der Waals surface area contributed by atoms with Gasteiger partial charge in [-0.25, -0.2) is 15.0 Å². The van der Waals surface area contributed by atoms with Crippen LogP contribution in [-0.4, -0.2) is 15.0 Å². The van der Waals surface area contributed by atoms with E-state index in [9.17, 15) is 0 Å². The smallest absolute Gasteiger partial charge is 0.164 e. The van der Waals surface area contributed by atoms with Crippen molar-refractivity contribution in [3.05, 3.63) is 193 Å². The van der Waals surface area contributed by atoms with Gasteiger partial charge in [-0.15, -0.1) is 0 Å². The molecule has 0 bridgehead atoms. The number of rotatable bonds is 5. The number of aryl methyl sites for hydroxylation is 1. The molecule has 4 heteroatoms. The molecule has 0 spiro atoms. The van der Waals surface area contributed by atoms with Crippen molar-refractivity contribution < 1.29 is 4.42 Å². The van der Waals surface area contributed by atoms with E-state index < -0.39 is 0 Å². The van der Waals surface area contributed by atoms with Crippen LogP contribution >= 0.6 is 0 Å². The molecule has 0 saturated carbocycles. The van der Waals surface area contributed by atoms with E-state index in [2.05, 4.69) is 146 Å². The number of fused-ring (bicyclic) bond motifs is 6. The van der Waals surface area contributed by atoms with Crippen molar-refractivity contribution in [3.8, 4) is 79.1 Å². The van der Waals surface area contributed by atoms with Crippen molar-refractivity contribution in [2.45, 2.75) is 6.92 Å². The summed E-state index contributed by atoms with van der Waals surface area (Å²) in [4.78, 5) is 15.0. The summed E-state index contributed by atoms with van der Waals surface area (Å²) in [6, 6.07) is 58.7. The molecule has 1 aliphatic rings. The highest BCUT2D eigenvalue weighted by Crippen LogP contribution is 2.53. The van der Waals surface area contributed by atoms with Crippen LogP contribution in [-0.2, 0) is 0 Å². The first-order valence-corrected chi connectivity index (χ1v) is 18.1. The number of nitrogens with zero attached hydrogens (tertiary/aromatic N) is 3. The van der Waals surface area contributed by atoms with Crippen LogP contribution in [0.2, 0.25) is 0 Å². The first kappa shape index (κ1) is 31.6. The van der Waals surface area contributed by atoms with E-state index in [1.165, 1.54) is 5.39 Å². The van der Waals surface area contributed by atoms with Gasteiger partial charge in [0.2, 0.25) is 0 Å². The number of furan rings is 1. The van der Waals surface area contributed by atoms with E-state index in [4.69, 9.17) is 25.9 Å². The molecule has 0 aliphatic heterocycles. The van der Waals surface area contributed by atoms with Crippen LogP contribution in [0.5, 0.6) is 0 Å². The fraction of sp³-hybridized carbons (Fsp3) is 0.0200. The highest BCUT2D eigenvalue weighted by Gasteiger charge is 2.31. The predicted octanol–water partition coefficient (Wildman–Crippen LogP) is 13.0. The molecule has 4 nitrogen and oxygen atoms in total. The van der Waals surface area contributed by atoms with Gasteiger partial charge in [0.25, 0.3) is 0 Å². The minimum atomic E-state index is 0.603. The Hall–Kier alpha value is -7.17. The summed E-state index contributed by atoms with van der Waals surface area (Å²) in [6.07, 6.45) is 0. The van der Waals surface area contributed by atoms with Crippen LogP contribution in [0.15, 0.2) is 181 Å². The first-order chi connectivity index (χ1) is 26.6. The standard InChI is InChI=1S/C50H33N3O/c1-31-14-6-9-19-39(31)47-44-32(2)40-20-10-11-21-41(40)42-22-12-13-23-43(42)45(44)46(54-47)34-25-27-36(28-26-34)49-51-48(35-16-4-3-5-17-35)52-50(53-49)38-29-24-33-15-7-8-18-37(33)30-38/h3-30H,2H2,1H3. The SMILES string of the molecule is C=C1c2ccccc2-c2ccccc2-c2c(-c3ccc(-c4nc(-c5ccccc5)nc(-c5ccc6ccccc6c5)n4)cc3)oc(-c3ccccc3C)c21. The molecular formula is C50H33N3O. The van der Waals surface area contributed by atoms with Crippen LogP contribution in [0.4, 0.5) is 0 Å². The maximum atomic E-state index is 7.05. The average Bonchev–Trinajstić information content (AvgIpc) is 3.59. The van der Waals surface area contributed by atoms with Crippen LogP contribution in [0.3, 0.4) is 0 Å². The van der Waals surface area contributed by atoms with Crippen molar-refractivity contribution in [2.24, 2.45) is 0 Å². The summed E-state index contributed by atoms with van der Waals surface area (Å²) in [5.41, 5.74) is 13.4. The van der Waals surface area contributed by atoms with Crippen LogP contribution in [0, 0.1) is 6.92 Å². The maximum Gasteiger partial charge on any atom is 0.164 e. The third-order valence-electron chi connectivity index (χ3n) is 10.4. The summed E-state index contributed by atoms with van der Waals surface area (Å²) in [5, 5.41) is 2.31. The number of aromatic nitrogens is 3. The van der Waals surface area contributed by atoms with E-state index in [1.54, 1.807) is 0 Å². The Bertz CT molecular complexity index is 2900. The molecule has 9 aromatic rings. The molecule has 254 valence electrons. The Morgan fingerprint density at radius 1 is 0.389 bits per heavy atom. The third kappa shape index (κ3) is 5.27. The van der Waals surface area contributed by atoms with Crippen molar-refractivity contribution in [3.63, 3.8) is 0 Å². The van der Waals surface area contributed by atoms with Gasteiger partial charge in [0, 0.05) is 38.9 Å². The number of hydrogen-bond acceptors (Lipinski definition) is 4. The number of hydrogen-bond donors (Lipinski definition) is 0. The second kappa shape index (κ2) is 12.8. The van der Waals surface area contributed by atoms with E-state index in [1.807, 2.05) is 30.3 Å². The van der Waals surface area contributed by atoms with Crippen LogP contribution in [0.1, 0.15) is 16.7 Å². The molecule has 0 saturated heterocycles. The monoisotopic (exact) mass is 691 g/mol. The van der Waals surface area contributed by atoms with Gasteiger partial charge in [0.05, 0.1) is 0 Å². The summed E-state index contributed by atoms with van der Waals surface area (Å²) in [5.74, 6) is 3.48. The van der Waals surface area contributed by atoms with E-state index in [0.29, 0.717) is 17.5 Å². The summed E-state index contributed by atoms with van der Waals surface area (Å²) < 4.78 is 7.05. The van der Waals surface area contributed by atoms with Gasteiger partial charge in [-0.2, -0.15) is 0 Å². The topological polar surface area (TPSA) is 51.8 Å². The minimum absolute atomic E-state index is 0.603. The Balaban J connectivity index is 1.15. The van der Waals surface area contributed by atoms with Gasteiger partial charge in [-0.3, -0.25) is 0 Å². The molecule has 2 aromatic heterocycles. The fourth-order valence-corrected chi connectivity index (χ4v) is 7.70. The van der Waals surface area contributed by atoms with Crippen LogP contribution in [0.25, 0.3) is 95.4 Å². The second-order valence-electron chi connectivity index (χ2n) is 13.7. The largest absolute Gasteiger partial charge is 0.455 e. The molecule has 0 atom stereocenters. The van der Waals surface area contributed by atoms with Gasteiger partial charge in [-0.1, -0.05) is 170 Å². The number of benzene rings is 7. The van der Waals surface area contributed by atoms with Gasteiger partial charge in [0.15, 0.2) is 17.5 Å². The highest BCUT2D eigenvalue weighted by molar-refractivity contribution is 6.08. The molecular weight excluding hydrogens is 659 g/mol. The van der Waals surface area contributed by atoms with E-state index >= 15 is 0 Å². The molecule has 0 N–H and O–H groups in total. The summed E-state index contributed by atoms with van der Waals surface area (Å²) in [7, 11) is 0. The van der Waals surface area contributed by atoms with Gasteiger partial charge < -0.3 is 4.42 Å². The summed E-state index contributed by atoms with van der Waals surface area (Å²) in [6.45, 7) is 6.85. The van der Waals surface area contributed by atoms with Gasteiger partial charge >= 0.3 is 0 Å². The lowest BCUT2D eigenvalue weighted by Crippen LogP contribution is -2.00. The first-order valence-electron chi connectivity index (χ1n) is 18.1. The Labute approximate surface area is 313 Å². The molecule has 0 fully saturated rings. The quantitative estimate of drug-likeness (QED) is 0.180. The lowest BCUT2D eigenvalue weighted by Gasteiger charge is -2.12. The Morgan fingerprint density at radius 2 is 0.889 bits per heavy atom. The zero-order valence-electron chi connectivity index (χ0n) is 29.6. The Kier molecular flexibility index (Phi) is 7.48. The molecule has 0 amide bonds. The van der Waals surface area contributed by atoms with Crippen LogP contribution < -0.4 is 0 Å². The van der Waals surface area contributed by atoms with E-state index in [0.717, 1.165) is 89.2 Å². The Morgan fingerprint density at radius 3 is 1.59 bits per heavy atom. The van der Waals surface area contributed by atoms with Crippen molar-refractivity contribution in [1.82, 2.24) is 15.0 Å². The zero-order chi connectivity index (χ0) is 36.2. The van der Waals surface area contributed by atoms with Crippen molar-refractivity contribution in [1.29, 1.82) is 0 Å².